The number of rotatable bonds is 11. The zero-order valence-electron chi connectivity index (χ0n) is 21.5. The maximum absolute atomic E-state index is 12.5. The van der Waals surface area contributed by atoms with Gasteiger partial charge in [0.15, 0.2) is 0 Å². The molecule has 1 aliphatic heterocycles. The lowest BCUT2D eigenvalue weighted by atomic mass is 9.96. The van der Waals surface area contributed by atoms with Crippen LogP contribution in [0.25, 0.3) is 0 Å². The minimum atomic E-state index is -0.232. The zero-order valence-corrected chi connectivity index (χ0v) is 21.5. The molecule has 198 valence electrons. The highest BCUT2D eigenvalue weighted by Crippen LogP contribution is 2.24. The number of benzene rings is 2. The number of nitrogens with zero attached hydrogens (tertiary/aromatic N) is 3. The molecule has 0 aliphatic carbocycles. The van der Waals surface area contributed by atoms with Crippen molar-refractivity contribution in [2.24, 2.45) is 16.1 Å². The number of carbonyl (C=O) groups is 2. The Balaban J connectivity index is 1.41. The lowest BCUT2D eigenvalue weighted by molar-refractivity contribution is -0.126. The second kappa shape index (κ2) is 13.8. The smallest absolute Gasteiger partial charge is 0.254 e. The maximum atomic E-state index is 12.5. The third-order valence-electron chi connectivity index (χ3n) is 5.98. The Hall–Kier alpha value is -4.12. The van der Waals surface area contributed by atoms with Crippen LogP contribution in [0.3, 0.4) is 0 Å². The van der Waals surface area contributed by atoms with Crippen LogP contribution in [0, 0.1) is 5.92 Å². The predicted molar refractivity (Wildman–Crippen MR) is 140 cm³/mol. The summed E-state index contributed by atoms with van der Waals surface area (Å²) in [6, 6.07) is 10.7. The van der Waals surface area contributed by atoms with Gasteiger partial charge < -0.3 is 18.9 Å². The molecule has 0 saturated carbocycles. The topological polar surface area (TPSA) is 123 Å². The Morgan fingerprint density at radius 3 is 1.84 bits per heavy atom. The van der Waals surface area contributed by atoms with Crippen LogP contribution in [-0.2, 0) is 9.59 Å². The van der Waals surface area contributed by atoms with Crippen LogP contribution in [0.1, 0.15) is 24.0 Å². The Bertz CT molecular complexity index is 1130. The van der Waals surface area contributed by atoms with Crippen LogP contribution in [0.5, 0.6) is 23.0 Å². The van der Waals surface area contributed by atoms with Gasteiger partial charge in [0.1, 0.15) is 23.0 Å². The van der Waals surface area contributed by atoms with Crippen molar-refractivity contribution >= 4 is 24.2 Å². The summed E-state index contributed by atoms with van der Waals surface area (Å²) in [7, 11) is 6.27. The van der Waals surface area contributed by atoms with E-state index >= 15 is 0 Å². The van der Waals surface area contributed by atoms with Gasteiger partial charge in [-0.05, 0) is 50.2 Å². The van der Waals surface area contributed by atoms with Gasteiger partial charge in [0.05, 0.1) is 47.4 Å². The van der Waals surface area contributed by atoms with Crippen molar-refractivity contribution < 1.29 is 28.5 Å². The Labute approximate surface area is 216 Å². The molecule has 0 radical (unpaired) electrons. The second-order valence-electron chi connectivity index (χ2n) is 8.29. The second-order valence-corrected chi connectivity index (χ2v) is 8.29. The van der Waals surface area contributed by atoms with Crippen LogP contribution in [-0.4, -0.2) is 77.2 Å². The van der Waals surface area contributed by atoms with Crippen molar-refractivity contribution in [3.8, 4) is 23.0 Å². The molecule has 0 aromatic heterocycles. The fourth-order valence-corrected chi connectivity index (χ4v) is 3.87. The van der Waals surface area contributed by atoms with Crippen molar-refractivity contribution in [3.05, 3.63) is 47.5 Å². The van der Waals surface area contributed by atoms with Crippen LogP contribution < -0.4 is 29.8 Å². The molecule has 1 aliphatic rings. The number of hydrogen-bond acceptors (Lipinski definition) is 9. The molecular formula is C26H33N5O6. The number of amides is 2. The summed E-state index contributed by atoms with van der Waals surface area (Å²) >= 11 is 0. The molecule has 0 atom stereocenters. The van der Waals surface area contributed by atoms with E-state index in [9.17, 15) is 9.59 Å². The molecule has 3 rings (SSSR count). The van der Waals surface area contributed by atoms with Gasteiger partial charge in [-0.1, -0.05) is 0 Å². The van der Waals surface area contributed by atoms with E-state index in [2.05, 4.69) is 21.1 Å². The van der Waals surface area contributed by atoms with E-state index in [1.807, 2.05) is 4.90 Å². The third kappa shape index (κ3) is 7.94. The molecule has 2 aromatic rings. The van der Waals surface area contributed by atoms with Gasteiger partial charge in [0.2, 0.25) is 5.91 Å². The molecule has 1 heterocycles. The molecule has 0 spiro atoms. The molecule has 37 heavy (non-hydrogen) atoms. The summed E-state index contributed by atoms with van der Waals surface area (Å²) in [5.74, 6) is 1.97. The minimum Gasteiger partial charge on any atom is -0.497 e. The molecule has 1 saturated heterocycles. The van der Waals surface area contributed by atoms with E-state index < -0.39 is 0 Å². The number of hydrogen-bond donors (Lipinski definition) is 2. The van der Waals surface area contributed by atoms with Gasteiger partial charge in [-0.15, -0.1) is 0 Å². The Kier molecular flexibility index (Phi) is 10.3. The average molecular weight is 512 g/mol. The number of piperidine rings is 1. The summed E-state index contributed by atoms with van der Waals surface area (Å²) in [6.45, 7) is 1.44. The SMILES string of the molecule is COc1ccc(/C=N/NC(=O)CN2CCC(C(=O)N/N=C/c3ccc(OC)cc3OC)CC2)c(OC)c1. The highest BCUT2D eigenvalue weighted by molar-refractivity contribution is 5.87. The summed E-state index contributed by atoms with van der Waals surface area (Å²) in [4.78, 5) is 26.8. The first-order chi connectivity index (χ1) is 18.0. The highest BCUT2D eigenvalue weighted by atomic mass is 16.5. The van der Waals surface area contributed by atoms with Gasteiger partial charge in [-0.25, -0.2) is 10.9 Å². The molecule has 2 amide bonds. The van der Waals surface area contributed by atoms with Crippen LogP contribution >= 0.6 is 0 Å². The maximum Gasteiger partial charge on any atom is 0.254 e. The first-order valence-electron chi connectivity index (χ1n) is 11.8. The van der Waals surface area contributed by atoms with Crippen molar-refractivity contribution in [1.29, 1.82) is 0 Å². The molecule has 11 heteroatoms. The van der Waals surface area contributed by atoms with Crippen molar-refractivity contribution in [2.45, 2.75) is 12.8 Å². The van der Waals surface area contributed by atoms with E-state index in [4.69, 9.17) is 18.9 Å². The Morgan fingerprint density at radius 2 is 1.35 bits per heavy atom. The van der Waals surface area contributed by atoms with E-state index in [1.54, 1.807) is 64.8 Å². The minimum absolute atomic E-state index is 0.147. The number of hydrazone groups is 2. The number of nitrogens with one attached hydrogen (secondary N) is 2. The van der Waals surface area contributed by atoms with E-state index in [0.717, 1.165) is 5.56 Å². The van der Waals surface area contributed by atoms with E-state index in [1.165, 1.54) is 12.4 Å². The standard InChI is InChI=1S/C26H33N5O6/c1-34-21-7-5-19(23(13-21)36-3)15-27-29-25(32)17-31-11-9-18(10-12-31)26(33)30-28-16-20-6-8-22(35-2)14-24(20)37-4/h5-8,13-16,18H,9-12,17H2,1-4H3,(H,29,32)(H,30,33)/b27-15+,28-16+. The Morgan fingerprint density at radius 1 is 0.838 bits per heavy atom. The largest absolute Gasteiger partial charge is 0.497 e. The summed E-state index contributed by atoms with van der Waals surface area (Å²) in [5, 5.41) is 8.10. The van der Waals surface area contributed by atoms with Gasteiger partial charge in [-0.3, -0.25) is 14.5 Å². The van der Waals surface area contributed by atoms with Crippen LogP contribution in [0.15, 0.2) is 46.6 Å². The molecule has 1 fully saturated rings. The van der Waals surface area contributed by atoms with Gasteiger partial charge in [-0.2, -0.15) is 10.2 Å². The van der Waals surface area contributed by atoms with Crippen LogP contribution in [0.4, 0.5) is 0 Å². The van der Waals surface area contributed by atoms with E-state index in [0.29, 0.717) is 54.5 Å². The van der Waals surface area contributed by atoms with E-state index in [-0.39, 0.29) is 24.3 Å². The average Bonchev–Trinajstić information content (AvgIpc) is 2.93. The lowest BCUT2D eigenvalue weighted by Crippen LogP contribution is -2.43. The number of carbonyl (C=O) groups excluding carboxylic acids is 2. The first kappa shape index (κ1) is 27.5. The third-order valence-corrected chi connectivity index (χ3v) is 5.98. The normalized spacial score (nSPS) is 14.5. The molecule has 11 nitrogen and oxygen atoms in total. The van der Waals surface area contributed by atoms with Crippen molar-refractivity contribution in [2.75, 3.05) is 48.1 Å². The summed E-state index contributed by atoms with van der Waals surface area (Å²) < 4.78 is 21.0. The first-order valence-corrected chi connectivity index (χ1v) is 11.8. The fourth-order valence-electron chi connectivity index (χ4n) is 3.87. The predicted octanol–water partition coefficient (Wildman–Crippen LogP) is 2.03. The number of likely N-dealkylation sites (tertiary alicyclic amines) is 1. The van der Waals surface area contributed by atoms with Gasteiger partial charge in [0.25, 0.3) is 5.91 Å². The molecule has 0 unspecified atom stereocenters. The molecular weight excluding hydrogens is 478 g/mol. The zero-order chi connectivity index (χ0) is 26.6. The van der Waals surface area contributed by atoms with Crippen molar-refractivity contribution in [3.63, 3.8) is 0 Å². The van der Waals surface area contributed by atoms with Crippen LogP contribution in [0.2, 0.25) is 0 Å². The lowest BCUT2D eigenvalue weighted by Gasteiger charge is -2.30. The fraction of sp³-hybridized carbons (Fsp3) is 0.385. The molecule has 2 aromatic carbocycles. The summed E-state index contributed by atoms with van der Waals surface area (Å²) in [5.41, 5.74) is 6.57. The highest BCUT2D eigenvalue weighted by Gasteiger charge is 2.25. The van der Waals surface area contributed by atoms with Gasteiger partial charge >= 0.3 is 0 Å². The number of ether oxygens (including phenoxy) is 4. The van der Waals surface area contributed by atoms with Gasteiger partial charge in [0, 0.05) is 29.2 Å². The monoisotopic (exact) mass is 511 g/mol. The molecule has 0 bridgehead atoms. The molecule has 2 N–H and O–H groups in total. The summed E-state index contributed by atoms with van der Waals surface area (Å²) in [6.07, 6.45) is 4.33. The van der Waals surface area contributed by atoms with Crippen molar-refractivity contribution in [1.82, 2.24) is 15.8 Å². The number of methoxy groups -OCH3 is 4. The quantitative estimate of drug-likeness (QED) is 0.350.